The van der Waals surface area contributed by atoms with Crippen molar-refractivity contribution in [2.75, 3.05) is 49.5 Å². The molecule has 2 aromatic carbocycles. The summed E-state index contributed by atoms with van der Waals surface area (Å²) in [6.45, 7) is 5.67. The lowest BCUT2D eigenvalue weighted by molar-refractivity contribution is 0.0709. The van der Waals surface area contributed by atoms with Gasteiger partial charge in [-0.05, 0) is 80.7 Å². The van der Waals surface area contributed by atoms with Crippen LogP contribution < -0.4 is 10.2 Å². The first-order valence-electron chi connectivity index (χ1n) is 13.6. The molecule has 3 aliphatic heterocycles. The lowest BCUT2D eigenvalue weighted by atomic mass is 10.0. The second-order valence-electron chi connectivity index (χ2n) is 10.6. The number of amides is 1. The van der Waals surface area contributed by atoms with E-state index in [0.717, 1.165) is 67.7 Å². The average molecular weight is 518 g/mol. The van der Waals surface area contributed by atoms with Crippen LogP contribution in [0.2, 0.25) is 0 Å². The number of benzene rings is 2. The van der Waals surface area contributed by atoms with E-state index in [1.807, 2.05) is 41.4 Å². The minimum absolute atomic E-state index is 0.106. The number of anilines is 2. The van der Waals surface area contributed by atoms with Crippen molar-refractivity contribution in [1.82, 2.24) is 14.8 Å². The van der Waals surface area contributed by atoms with Crippen molar-refractivity contribution in [3.05, 3.63) is 77.5 Å². The SMILES string of the molecule is O=C(c1ccc(-c2cnc3c(c2)N(Cc2cc(F)ccc2F)CCN3)cc1)N1CCCC1CN1CCCC1. The van der Waals surface area contributed by atoms with Crippen LogP contribution in [0.25, 0.3) is 11.1 Å². The van der Waals surface area contributed by atoms with Crippen molar-refractivity contribution >= 4 is 17.4 Å². The maximum absolute atomic E-state index is 14.3. The number of likely N-dealkylation sites (tertiary alicyclic amines) is 2. The minimum atomic E-state index is -0.449. The summed E-state index contributed by atoms with van der Waals surface area (Å²) in [5.41, 5.74) is 3.73. The van der Waals surface area contributed by atoms with Crippen LogP contribution in [0.15, 0.2) is 54.7 Å². The Morgan fingerprint density at radius 3 is 2.58 bits per heavy atom. The fourth-order valence-electron chi connectivity index (χ4n) is 5.98. The highest BCUT2D eigenvalue weighted by molar-refractivity contribution is 5.95. The summed E-state index contributed by atoms with van der Waals surface area (Å²) in [7, 11) is 0. The molecule has 38 heavy (non-hydrogen) atoms. The van der Waals surface area contributed by atoms with Crippen LogP contribution in [-0.2, 0) is 6.54 Å². The summed E-state index contributed by atoms with van der Waals surface area (Å²) >= 11 is 0. The lowest BCUT2D eigenvalue weighted by Gasteiger charge is -2.32. The van der Waals surface area contributed by atoms with Gasteiger partial charge in [0.2, 0.25) is 0 Å². The molecule has 198 valence electrons. The Morgan fingerprint density at radius 1 is 0.947 bits per heavy atom. The lowest BCUT2D eigenvalue weighted by Crippen LogP contribution is -2.42. The zero-order chi connectivity index (χ0) is 26.1. The van der Waals surface area contributed by atoms with Gasteiger partial charge in [-0.2, -0.15) is 0 Å². The molecule has 3 aromatic rings. The summed E-state index contributed by atoms with van der Waals surface area (Å²) in [4.78, 5) is 24.5. The van der Waals surface area contributed by atoms with Crippen LogP contribution in [0.3, 0.4) is 0 Å². The van der Waals surface area contributed by atoms with Crippen LogP contribution in [0, 0.1) is 11.6 Å². The predicted molar refractivity (Wildman–Crippen MR) is 145 cm³/mol. The van der Waals surface area contributed by atoms with E-state index in [4.69, 9.17) is 0 Å². The molecule has 1 aromatic heterocycles. The van der Waals surface area contributed by atoms with Crippen LogP contribution in [0.1, 0.15) is 41.6 Å². The van der Waals surface area contributed by atoms with Gasteiger partial charge in [0.25, 0.3) is 5.91 Å². The van der Waals surface area contributed by atoms with Crippen LogP contribution >= 0.6 is 0 Å². The molecule has 1 amide bonds. The van der Waals surface area contributed by atoms with Crippen molar-refractivity contribution < 1.29 is 13.6 Å². The third kappa shape index (κ3) is 5.10. The fraction of sp³-hybridized carbons (Fsp3) is 0.400. The third-order valence-electron chi connectivity index (χ3n) is 8.02. The molecule has 0 aliphatic carbocycles. The Labute approximate surface area is 222 Å². The molecule has 2 fully saturated rings. The fourth-order valence-corrected chi connectivity index (χ4v) is 5.98. The summed E-state index contributed by atoms with van der Waals surface area (Å²) in [6, 6.07) is 13.6. The van der Waals surface area contributed by atoms with E-state index >= 15 is 0 Å². The van der Waals surface area contributed by atoms with Gasteiger partial charge in [-0.3, -0.25) is 4.79 Å². The number of carbonyl (C=O) groups excluding carboxylic acids is 1. The number of nitrogens with zero attached hydrogens (tertiary/aromatic N) is 4. The summed E-state index contributed by atoms with van der Waals surface area (Å²) < 4.78 is 28.1. The highest BCUT2D eigenvalue weighted by Crippen LogP contribution is 2.33. The van der Waals surface area contributed by atoms with Gasteiger partial charge in [0.1, 0.15) is 17.5 Å². The molecule has 1 N–H and O–H groups in total. The first-order valence-corrected chi connectivity index (χ1v) is 13.6. The highest BCUT2D eigenvalue weighted by Gasteiger charge is 2.31. The molecule has 0 spiro atoms. The number of aromatic nitrogens is 1. The van der Waals surface area contributed by atoms with Gasteiger partial charge in [-0.25, -0.2) is 13.8 Å². The van der Waals surface area contributed by atoms with E-state index in [-0.39, 0.29) is 12.5 Å². The number of halogens is 2. The Balaban J connectivity index is 1.19. The Morgan fingerprint density at radius 2 is 1.76 bits per heavy atom. The predicted octanol–water partition coefficient (Wildman–Crippen LogP) is 5.16. The van der Waals surface area contributed by atoms with Crippen LogP contribution in [0.4, 0.5) is 20.3 Å². The summed E-state index contributed by atoms with van der Waals surface area (Å²) in [6.07, 6.45) is 6.46. The topological polar surface area (TPSA) is 51.7 Å². The van der Waals surface area contributed by atoms with Gasteiger partial charge < -0.3 is 20.0 Å². The number of carbonyl (C=O) groups is 1. The zero-order valence-electron chi connectivity index (χ0n) is 21.5. The maximum atomic E-state index is 14.3. The molecule has 6 nitrogen and oxygen atoms in total. The molecular formula is C30H33F2N5O. The van der Waals surface area contributed by atoms with E-state index in [1.165, 1.54) is 25.0 Å². The highest BCUT2D eigenvalue weighted by atomic mass is 19.1. The third-order valence-corrected chi connectivity index (χ3v) is 8.02. The van der Waals surface area contributed by atoms with Gasteiger partial charge in [0, 0.05) is 61.7 Å². The quantitative estimate of drug-likeness (QED) is 0.490. The maximum Gasteiger partial charge on any atom is 0.254 e. The second kappa shape index (κ2) is 10.7. The van der Waals surface area contributed by atoms with Gasteiger partial charge >= 0.3 is 0 Å². The van der Waals surface area contributed by atoms with Gasteiger partial charge in [-0.1, -0.05) is 12.1 Å². The van der Waals surface area contributed by atoms with Gasteiger partial charge in [0.05, 0.1) is 5.69 Å². The number of hydrogen-bond acceptors (Lipinski definition) is 5. The number of fused-ring (bicyclic) bond motifs is 1. The first-order chi connectivity index (χ1) is 18.5. The van der Waals surface area contributed by atoms with E-state index in [9.17, 15) is 13.6 Å². The zero-order valence-corrected chi connectivity index (χ0v) is 21.5. The van der Waals surface area contributed by atoms with Crippen molar-refractivity contribution in [3.8, 4) is 11.1 Å². The standard InChI is InChI=1S/C30H33F2N5O/c31-25-9-10-27(32)24(16-25)19-36-15-11-33-29-28(36)17-23(18-34-29)21-5-7-22(8-6-21)30(38)37-14-3-4-26(37)20-35-12-1-2-13-35/h5-10,16-18,26H,1-4,11-15,19-20H2,(H,33,34). The smallest absolute Gasteiger partial charge is 0.254 e. The summed E-state index contributed by atoms with van der Waals surface area (Å²) in [5, 5.41) is 3.29. The van der Waals surface area contributed by atoms with E-state index in [0.29, 0.717) is 30.3 Å². The number of hydrogen-bond donors (Lipinski definition) is 1. The molecule has 3 aliphatic rings. The summed E-state index contributed by atoms with van der Waals surface area (Å²) in [5.74, 6) is -0.0397. The number of nitrogens with one attached hydrogen (secondary N) is 1. The van der Waals surface area contributed by atoms with Crippen molar-refractivity contribution in [2.45, 2.75) is 38.3 Å². The molecule has 0 radical (unpaired) electrons. The van der Waals surface area contributed by atoms with Gasteiger partial charge in [0.15, 0.2) is 0 Å². The Bertz CT molecular complexity index is 1310. The molecular weight excluding hydrogens is 484 g/mol. The normalized spacial score (nSPS) is 19.5. The first kappa shape index (κ1) is 24.8. The van der Waals surface area contributed by atoms with Gasteiger partial charge in [-0.15, -0.1) is 0 Å². The second-order valence-corrected chi connectivity index (χ2v) is 10.6. The van der Waals surface area contributed by atoms with E-state index in [1.54, 1.807) is 0 Å². The van der Waals surface area contributed by atoms with E-state index < -0.39 is 11.6 Å². The molecule has 0 saturated carbocycles. The van der Waals surface area contributed by atoms with Crippen molar-refractivity contribution in [3.63, 3.8) is 0 Å². The minimum Gasteiger partial charge on any atom is -0.367 e. The van der Waals surface area contributed by atoms with Crippen molar-refractivity contribution in [1.29, 1.82) is 0 Å². The molecule has 2 saturated heterocycles. The molecule has 1 unspecified atom stereocenters. The monoisotopic (exact) mass is 517 g/mol. The molecule has 0 bridgehead atoms. The van der Waals surface area contributed by atoms with Crippen LogP contribution in [0.5, 0.6) is 0 Å². The van der Waals surface area contributed by atoms with Crippen LogP contribution in [-0.4, -0.2) is 66.0 Å². The average Bonchev–Trinajstić information content (AvgIpc) is 3.63. The molecule has 6 rings (SSSR count). The Hall–Kier alpha value is -3.52. The molecule has 4 heterocycles. The Kier molecular flexibility index (Phi) is 6.98. The molecule has 1 atom stereocenters. The largest absolute Gasteiger partial charge is 0.367 e. The molecule has 8 heteroatoms. The van der Waals surface area contributed by atoms with E-state index in [2.05, 4.69) is 20.1 Å². The number of pyridine rings is 1. The number of rotatable bonds is 6. The van der Waals surface area contributed by atoms with Crippen molar-refractivity contribution in [2.24, 2.45) is 0 Å².